The third kappa shape index (κ3) is 3.73. The smallest absolute Gasteiger partial charge is 0.244 e. The van der Waals surface area contributed by atoms with E-state index in [1.165, 1.54) is 4.90 Å². The molecule has 2 heterocycles. The second-order valence-corrected chi connectivity index (χ2v) is 8.96. The van der Waals surface area contributed by atoms with E-state index in [-0.39, 0.29) is 5.75 Å². The van der Waals surface area contributed by atoms with E-state index in [1.54, 1.807) is 0 Å². The molecule has 0 saturated heterocycles. The summed E-state index contributed by atoms with van der Waals surface area (Å²) in [5, 5.41) is 0. The Morgan fingerprint density at radius 3 is 2.56 bits per heavy atom. The number of anilines is 1. The molecule has 0 atom stereocenters. The minimum Gasteiger partial charge on any atom is -0.308 e. The molecule has 0 aliphatic carbocycles. The van der Waals surface area contributed by atoms with Gasteiger partial charge in [0, 0.05) is 13.1 Å². The van der Waals surface area contributed by atoms with Crippen molar-refractivity contribution in [2.45, 2.75) is 19.4 Å². The number of fused-ring (bicyclic) bond motifs is 3. The van der Waals surface area contributed by atoms with Gasteiger partial charge in [-0.25, -0.2) is 13.4 Å². The van der Waals surface area contributed by atoms with Crippen molar-refractivity contribution in [1.82, 2.24) is 9.55 Å². The lowest BCUT2D eigenvalue weighted by molar-refractivity contribution is -0.116. The highest BCUT2D eigenvalue weighted by atomic mass is 32.2. The topological polar surface area (TPSA) is 72.3 Å². The standard InChI is InChI=1S/C20H21N3O3S/c24-19(15-27(25,26)14-6-9-16-7-2-1-3-8-16)23-13-12-22-18-11-5-4-10-17(18)21-20(22)23/h1-5,7-8,10-11H,6,9,12-15H2. The molecule has 0 unspecified atom stereocenters. The average molecular weight is 383 g/mol. The van der Waals surface area contributed by atoms with Crippen LogP contribution in [-0.2, 0) is 27.6 Å². The number of imidazole rings is 1. The van der Waals surface area contributed by atoms with Gasteiger partial charge in [0.25, 0.3) is 0 Å². The number of hydrogen-bond acceptors (Lipinski definition) is 4. The molecular formula is C20H21N3O3S. The van der Waals surface area contributed by atoms with E-state index in [0.29, 0.717) is 31.9 Å². The van der Waals surface area contributed by atoms with Crippen molar-refractivity contribution < 1.29 is 13.2 Å². The van der Waals surface area contributed by atoms with Gasteiger partial charge in [-0.2, -0.15) is 0 Å². The van der Waals surface area contributed by atoms with Crippen molar-refractivity contribution in [2.24, 2.45) is 0 Å². The number of hydrogen-bond donors (Lipinski definition) is 0. The van der Waals surface area contributed by atoms with Gasteiger partial charge in [0.2, 0.25) is 11.9 Å². The lowest BCUT2D eigenvalue weighted by atomic mass is 10.1. The van der Waals surface area contributed by atoms with E-state index >= 15 is 0 Å². The molecule has 1 aliphatic rings. The van der Waals surface area contributed by atoms with Gasteiger partial charge in [-0.15, -0.1) is 0 Å². The van der Waals surface area contributed by atoms with Gasteiger partial charge in [-0.05, 0) is 30.5 Å². The van der Waals surface area contributed by atoms with E-state index in [1.807, 2.05) is 59.2 Å². The second-order valence-electron chi connectivity index (χ2n) is 6.78. The summed E-state index contributed by atoms with van der Waals surface area (Å²) in [6, 6.07) is 17.4. The number of rotatable bonds is 6. The molecule has 0 saturated carbocycles. The van der Waals surface area contributed by atoms with Gasteiger partial charge in [0.15, 0.2) is 9.84 Å². The molecule has 0 spiro atoms. The van der Waals surface area contributed by atoms with Crippen LogP contribution in [0.15, 0.2) is 54.6 Å². The minimum absolute atomic E-state index is 0.0118. The molecule has 0 radical (unpaired) electrons. The van der Waals surface area contributed by atoms with Crippen LogP contribution < -0.4 is 4.90 Å². The predicted molar refractivity (Wildman–Crippen MR) is 106 cm³/mol. The highest BCUT2D eigenvalue weighted by Gasteiger charge is 2.30. The summed E-state index contributed by atoms with van der Waals surface area (Å²) in [5.41, 5.74) is 2.89. The maximum Gasteiger partial charge on any atom is 0.244 e. The summed E-state index contributed by atoms with van der Waals surface area (Å²) in [6.07, 6.45) is 1.20. The molecule has 0 N–H and O–H groups in total. The van der Waals surface area contributed by atoms with Crippen LogP contribution in [0, 0.1) is 0 Å². The van der Waals surface area contributed by atoms with Crippen LogP contribution in [0.1, 0.15) is 12.0 Å². The Morgan fingerprint density at radius 2 is 1.74 bits per heavy atom. The fraction of sp³-hybridized carbons (Fsp3) is 0.300. The summed E-state index contributed by atoms with van der Waals surface area (Å²) < 4.78 is 26.8. The molecular weight excluding hydrogens is 362 g/mol. The lowest BCUT2D eigenvalue weighted by Gasteiger charge is -2.14. The number of carbonyl (C=O) groups is 1. The zero-order valence-electron chi connectivity index (χ0n) is 14.9. The van der Waals surface area contributed by atoms with Crippen molar-refractivity contribution >= 4 is 32.7 Å². The molecule has 3 aromatic rings. The Bertz CT molecular complexity index is 1070. The van der Waals surface area contributed by atoms with Crippen LogP contribution >= 0.6 is 0 Å². The number of nitrogens with zero attached hydrogens (tertiary/aromatic N) is 3. The average Bonchev–Trinajstić information content (AvgIpc) is 3.21. The number of aromatic nitrogens is 2. The van der Waals surface area contributed by atoms with Crippen molar-refractivity contribution in [1.29, 1.82) is 0 Å². The Hall–Kier alpha value is -2.67. The molecule has 27 heavy (non-hydrogen) atoms. The molecule has 0 bridgehead atoms. The first kappa shape index (κ1) is 17.7. The summed E-state index contributed by atoms with van der Waals surface area (Å²) in [5.74, 6) is -0.312. The van der Waals surface area contributed by atoms with Gasteiger partial charge in [0.05, 0.1) is 16.8 Å². The van der Waals surface area contributed by atoms with Gasteiger partial charge in [-0.1, -0.05) is 42.5 Å². The van der Waals surface area contributed by atoms with Crippen molar-refractivity contribution in [2.75, 3.05) is 23.0 Å². The summed E-state index contributed by atoms with van der Waals surface area (Å²) in [4.78, 5) is 18.6. The van der Waals surface area contributed by atoms with Crippen LogP contribution in [0.3, 0.4) is 0 Å². The van der Waals surface area contributed by atoms with E-state index in [9.17, 15) is 13.2 Å². The normalized spacial score (nSPS) is 13.9. The number of para-hydroxylation sites is 2. The second kappa shape index (κ2) is 7.15. The number of carbonyl (C=O) groups excluding carboxylic acids is 1. The van der Waals surface area contributed by atoms with Crippen LogP contribution in [-0.4, -0.2) is 41.9 Å². The Kier molecular flexibility index (Phi) is 4.70. The maximum atomic E-state index is 12.6. The zero-order valence-corrected chi connectivity index (χ0v) is 15.7. The summed E-state index contributed by atoms with van der Waals surface area (Å²) >= 11 is 0. The summed E-state index contributed by atoms with van der Waals surface area (Å²) in [7, 11) is -3.45. The predicted octanol–water partition coefficient (Wildman–Crippen LogP) is 2.43. The highest BCUT2D eigenvalue weighted by Crippen LogP contribution is 2.27. The van der Waals surface area contributed by atoms with Gasteiger partial charge in [-0.3, -0.25) is 9.69 Å². The van der Waals surface area contributed by atoms with Gasteiger partial charge >= 0.3 is 0 Å². The van der Waals surface area contributed by atoms with E-state index < -0.39 is 21.5 Å². The first-order valence-corrected chi connectivity index (χ1v) is 10.9. The molecule has 4 rings (SSSR count). The fourth-order valence-electron chi connectivity index (χ4n) is 3.50. The zero-order chi connectivity index (χ0) is 18.9. The molecule has 2 aromatic carbocycles. The lowest BCUT2D eigenvalue weighted by Crippen LogP contribution is -2.35. The van der Waals surface area contributed by atoms with Crippen LogP contribution in [0.4, 0.5) is 5.95 Å². The van der Waals surface area contributed by atoms with E-state index in [4.69, 9.17) is 0 Å². The molecule has 7 heteroatoms. The summed E-state index contributed by atoms with van der Waals surface area (Å²) in [6.45, 7) is 1.10. The van der Waals surface area contributed by atoms with Gasteiger partial charge in [0.1, 0.15) is 5.75 Å². The number of sulfone groups is 1. The maximum absolute atomic E-state index is 12.6. The van der Waals surface area contributed by atoms with Crippen molar-refractivity contribution in [3.05, 3.63) is 60.2 Å². The Labute approximate surface area is 158 Å². The first-order valence-electron chi connectivity index (χ1n) is 9.03. The Balaban J connectivity index is 1.40. The van der Waals surface area contributed by atoms with E-state index in [0.717, 1.165) is 16.6 Å². The molecule has 1 amide bonds. The quantitative estimate of drug-likeness (QED) is 0.655. The van der Waals surface area contributed by atoms with Crippen LogP contribution in [0.2, 0.25) is 0 Å². The Morgan fingerprint density at radius 1 is 1.00 bits per heavy atom. The highest BCUT2D eigenvalue weighted by molar-refractivity contribution is 7.92. The molecule has 1 aliphatic heterocycles. The third-order valence-electron chi connectivity index (χ3n) is 4.83. The largest absolute Gasteiger partial charge is 0.308 e. The SMILES string of the molecule is O=C(CS(=O)(=O)CCCc1ccccc1)N1CCn2c1nc1ccccc12. The number of aryl methyl sites for hydroxylation is 1. The monoisotopic (exact) mass is 383 g/mol. The third-order valence-corrected chi connectivity index (χ3v) is 6.43. The van der Waals surface area contributed by atoms with E-state index in [2.05, 4.69) is 4.98 Å². The molecule has 0 fully saturated rings. The number of amides is 1. The van der Waals surface area contributed by atoms with Crippen LogP contribution in [0.5, 0.6) is 0 Å². The number of benzene rings is 2. The fourth-order valence-corrected chi connectivity index (χ4v) is 4.77. The molecule has 1 aromatic heterocycles. The minimum atomic E-state index is -3.45. The molecule has 6 nitrogen and oxygen atoms in total. The van der Waals surface area contributed by atoms with Crippen LogP contribution in [0.25, 0.3) is 11.0 Å². The van der Waals surface area contributed by atoms with Crippen molar-refractivity contribution in [3.63, 3.8) is 0 Å². The molecule has 140 valence electrons. The van der Waals surface area contributed by atoms with Gasteiger partial charge < -0.3 is 4.57 Å². The first-order chi connectivity index (χ1) is 13.0. The van der Waals surface area contributed by atoms with Crippen molar-refractivity contribution in [3.8, 4) is 0 Å².